The summed E-state index contributed by atoms with van der Waals surface area (Å²) in [5.41, 5.74) is 3.03. The topological polar surface area (TPSA) is 18.5 Å². The van der Waals surface area contributed by atoms with E-state index in [9.17, 15) is 13.2 Å². The van der Waals surface area contributed by atoms with Crippen LogP contribution < -0.4 is 0 Å². The van der Waals surface area contributed by atoms with Gasteiger partial charge in [-0.05, 0) is 48.1 Å². The Morgan fingerprint density at radius 1 is 0.806 bits per heavy atom. The maximum Gasteiger partial charge on any atom is 0.186 e. The second kappa shape index (κ2) is 12.4. The van der Waals surface area contributed by atoms with Crippen LogP contribution in [0.1, 0.15) is 56.9 Å². The first kappa shape index (κ1) is 26.2. The highest BCUT2D eigenvalue weighted by molar-refractivity contribution is 5.71. The molecule has 0 unspecified atom stereocenters. The maximum absolute atomic E-state index is 14.9. The zero-order chi connectivity index (χ0) is 25.5. The van der Waals surface area contributed by atoms with E-state index >= 15 is 0 Å². The molecule has 0 N–H and O–H groups in total. The summed E-state index contributed by atoms with van der Waals surface area (Å²) in [6.45, 7) is 5.02. The minimum absolute atomic E-state index is 0.174. The van der Waals surface area contributed by atoms with E-state index in [-0.39, 0.29) is 11.5 Å². The highest BCUT2D eigenvalue weighted by Gasteiger charge is 2.24. The average Bonchev–Trinajstić information content (AvgIpc) is 2.90. The van der Waals surface area contributed by atoms with Gasteiger partial charge in [0.25, 0.3) is 0 Å². The van der Waals surface area contributed by atoms with Gasteiger partial charge in [-0.1, -0.05) is 86.9 Å². The first-order chi connectivity index (χ1) is 17.5. The third-order valence-electron chi connectivity index (χ3n) is 6.63. The first-order valence-electron chi connectivity index (χ1n) is 12.7. The van der Waals surface area contributed by atoms with Gasteiger partial charge in [-0.15, -0.1) is 0 Å². The number of rotatable bonds is 9. The molecule has 190 valence electrons. The van der Waals surface area contributed by atoms with Crippen LogP contribution in [-0.4, -0.2) is 13.2 Å². The molecule has 1 aliphatic heterocycles. The van der Waals surface area contributed by atoms with Gasteiger partial charge in [0, 0.05) is 17.0 Å². The Morgan fingerprint density at radius 2 is 1.50 bits per heavy atom. The third-order valence-corrected chi connectivity index (χ3v) is 6.63. The van der Waals surface area contributed by atoms with Crippen LogP contribution in [-0.2, 0) is 15.9 Å². The molecule has 0 bridgehead atoms. The fourth-order valence-corrected chi connectivity index (χ4v) is 4.57. The van der Waals surface area contributed by atoms with Gasteiger partial charge >= 0.3 is 0 Å². The molecule has 1 aliphatic rings. The SMILES string of the molecule is CC=CC1COC(c2ccc(-c3ccc(-c4ccc(CCCCCC)c(F)c4F)cc3)cc2F)OC1. The molecule has 3 aromatic carbocycles. The van der Waals surface area contributed by atoms with E-state index in [1.165, 1.54) is 6.07 Å². The number of hydrogen-bond donors (Lipinski definition) is 0. The molecule has 0 amide bonds. The number of unbranched alkanes of at least 4 members (excludes halogenated alkanes) is 3. The van der Waals surface area contributed by atoms with Gasteiger partial charge in [-0.2, -0.15) is 0 Å². The van der Waals surface area contributed by atoms with E-state index in [0.29, 0.717) is 41.9 Å². The number of hydrogen-bond acceptors (Lipinski definition) is 2. The van der Waals surface area contributed by atoms with Gasteiger partial charge < -0.3 is 9.47 Å². The predicted octanol–water partition coefficient (Wildman–Crippen LogP) is 8.80. The van der Waals surface area contributed by atoms with Gasteiger partial charge in [-0.25, -0.2) is 13.2 Å². The Morgan fingerprint density at radius 3 is 2.17 bits per heavy atom. The van der Waals surface area contributed by atoms with Crippen molar-refractivity contribution in [2.75, 3.05) is 13.2 Å². The van der Waals surface area contributed by atoms with Crippen LogP contribution in [0.3, 0.4) is 0 Å². The van der Waals surface area contributed by atoms with Crippen LogP contribution in [0.4, 0.5) is 13.2 Å². The second-order valence-corrected chi connectivity index (χ2v) is 9.31. The molecule has 0 atom stereocenters. The van der Waals surface area contributed by atoms with Crippen molar-refractivity contribution in [1.82, 2.24) is 0 Å². The summed E-state index contributed by atoms with van der Waals surface area (Å²) in [7, 11) is 0. The molecule has 0 aromatic heterocycles. The van der Waals surface area contributed by atoms with Crippen molar-refractivity contribution in [3.63, 3.8) is 0 Å². The minimum atomic E-state index is -0.824. The Hall–Kier alpha value is -2.89. The molecule has 2 nitrogen and oxygen atoms in total. The molecule has 1 heterocycles. The van der Waals surface area contributed by atoms with E-state index in [0.717, 1.165) is 31.2 Å². The first-order valence-corrected chi connectivity index (χ1v) is 12.7. The van der Waals surface area contributed by atoms with Crippen molar-refractivity contribution >= 4 is 0 Å². The van der Waals surface area contributed by atoms with E-state index in [2.05, 4.69) is 6.92 Å². The number of allylic oxidation sites excluding steroid dienone is 1. The van der Waals surface area contributed by atoms with Crippen molar-refractivity contribution in [3.05, 3.63) is 95.3 Å². The molecular weight excluding hydrogens is 461 g/mol. The molecule has 0 saturated carbocycles. The van der Waals surface area contributed by atoms with E-state index in [4.69, 9.17) is 9.47 Å². The fourth-order valence-electron chi connectivity index (χ4n) is 4.57. The summed E-state index contributed by atoms with van der Waals surface area (Å²) >= 11 is 0. The van der Waals surface area contributed by atoms with Gasteiger partial charge in [0.05, 0.1) is 13.2 Å². The number of benzene rings is 3. The van der Waals surface area contributed by atoms with Crippen molar-refractivity contribution in [1.29, 1.82) is 0 Å². The molecule has 1 saturated heterocycles. The zero-order valence-corrected chi connectivity index (χ0v) is 20.9. The molecule has 0 radical (unpaired) electrons. The zero-order valence-electron chi connectivity index (χ0n) is 20.9. The Kier molecular flexibility index (Phi) is 9.00. The smallest absolute Gasteiger partial charge is 0.186 e. The maximum atomic E-state index is 14.9. The van der Waals surface area contributed by atoms with Crippen LogP contribution in [0, 0.1) is 23.4 Å². The van der Waals surface area contributed by atoms with Gasteiger partial charge in [-0.3, -0.25) is 0 Å². The summed E-state index contributed by atoms with van der Waals surface area (Å²) in [5.74, 6) is -1.83. The summed E-state index contributed by atoms with van der Waals surface area (Å²) in [5, 5.41) is 0. The highest BCUT2D eigenvalue weighted by Crippen LogP contribution is 2.32. The lowest BCUT2D eigenvalue weighted by atomic mass is 9.97. The largest absolute Gasteiger partial charge is 0.348 e. The Balaban J connectivity index is 1.46. The number of ether oxygens (including phenoxy) is 2. The van der Waals surface area contributed by atoms with E-state index < -0.39 is 23.7 Å². The third kappa shape index (κ3) is 6.08. The van der Waals surface area contributed by atoms with Crippen molar-refractivity contribution in [2.24, 2.45) is 5.92 Å². The van der Waals surface area contributed by atoms with E-state index in [1.807, 2.05) is 25.1 Å². The van der Waals surface area contributed by atoms with Crippen LogP contribution in [0.5, 0.6) is 0 Å². The standard InChI is InChI=1S/C31H33F3O2/c1-3-5-6-7-9-24-14-16-26(30(34)29(24)33)23-12-10-22(11-13-23)25-15-17-27(28(32)18-25)31-35-19-21(8-4-2)20-36-31/h4,8,10-18,21,31H,3,5-7,9,19-20H2,1-2H3. The van der Waals surface area contributed by atoms with Crippen molar-refractivity contribution in [3.8, 4) is 22.3 Å². The fraction of sp³-hybridized carbons (Fsp3) is 0.355. The lowest BCUT2D eigenvalue weighted by Crippen LogP contribution is -2.26. The molecule has 1 fully saturated rings. The molecule has 0 aliphatic carbocycles. The summed E-state index contributed by atoms with van der Waals surface area (Å²) < 4.78 is 55.8. The Bertz CT molecular complexity index is 1180. The lowest BCUT2D eigenvalue weighted by Gasteiger charge is -2.28. The van der Waals surface area contributed by atoms with Crippen LogP contribution in [0.15, 0.2) is 66.7 Å². The normalized spacial score (nSPS) is 18.1. The molecule has 4 rings (SSSR count). The summed E-state index contributed by atoms with van der Waals surface area (Å²) in [6.07, 6.45) is 7.84. The summed E-state index contributed by atoms with van der Waals surface area (Å²) in [4.78, 5) is 0. The molecule has 3 aromatic rings. The van der Waals surface area contributed by atoms with Gasteiger partial charge in [0.15, 0.2) is 17.9 Å². The quantitative estimate of drug-likeness (QED) is 0.219. The molecule has 36 heavy (non-hydrogen) atoms. The molecule has 5 heteroatoms. The molecule has 0 spiro atoms. The van der Waals surface area contributed by atoms with Crippen molar-refractivity contribution in [2.45, 2.75) is 52.2 Å². The minimum Gasteiger partial charge on any atom is -0.348 e. The van der Waals surface area contributed by atoms with Gasteiger partial charge in [0.2, 0.25) is 0 Å². The number of halogens is 3. The second-order valence-electron chi connectivity index (χ2n) is 9.31. The van der Waals surface area contributed by atoms with Crippen LogP contribution in [0.2, 0.25) is 0 Å². The summed E-state index contributed by atoms with van der Waals surface area (Å²) in [6, 6.07) is 15.3. The molecular formula is C31H33F3O2. The monoisotopic (exact) mass is 494 g/mol. The van der Waals surface area contributed by atoms with Crippen LogP contribution >= 0.6 is 0 Å². The van der Waals surface area contributed by atoms with E-state index in [1.54, 1.807) is 42.5 Å². The predicted molar refractivity (Wildman–Crippen MR) is 138 cm³/mol. The average molecular weight is 495 g/mol. The number of aryl methyl sites for hydroxylation is 1. The Labute approximate surface area is 211 Å². The van der Waals surface area contributed by atoms with Crippen LogP contribution in [0.25, 0.3) is 22.3 Å². The van der Waals surface area contributed by atoms with Gasteiger partial charge in [0.1, 0.15) is 5.82 Å². The lowest BCUT2D eigenvalue weighted by molar-refractivity contribution is -0.198. The van der Waals surface area contributed by atoms with Crippen molar-refractivity contribution < 1.29 is 22.6 Å². The highest BCUT2D eigenvalue weighted by atomic mass is 19.2.